The maximum atomic E-state index is 13.3. The Morgan fingerprint density at radius 2 is 1.60 bits per heavy atom. The smallest absolute Gasteiger partial charge is 0.264 e. The van der Waals surface area contributed by atoms with Crippen molar-refractivity contribution in [1.29, 1.82) is 0 Å². The number of fused-ring (bicyclic) bond motifs is 2. The van der Waals surface area contributed by atoms with Gasteiger partial charge in [0.05, 0.1) is 50.4 Å². The molecule has 5 heterocycles. The van der Waals surface area contributed by atoms with Gasteiger partial charge in [0.25, 0.3) is 11.8 Å². The Balaban J connectivity index is 0.653. The molecule has 19 nitrogen and oxygen atoms in total. The van der Waals surface area contributed by atoms with Crippen LogP contribution >= 0.6 is 0 Å². The van der Waals surface area contributed by atoms with Gasteiger partial charge >= 0.3 is 0 Å². The van der Waals surface area contributed by atoms with Crippen LogP contribution in [0.5, 0.6) is 0 Å². The number of aromatic nitrogens is 4. The second-order valence-corrected chi connectivity index (χ2v) is 18.3. The Kier molecular flexibility index (Phi) is 14.7. The maximum Gasteiger partial charge on any atom is 0.264 e. The number of hydrogen-bond acceptors (Lipinski definition) is 15. The van der Waals surface area contributed by atoms with E-state index in [4.69, 9.17) is 30.2 Å². The van der Waals surface area contributed by atoms with Crippen molar-refractivity contribution in [3.8, 4) is 0 Å². The molecule has 5 amide bonds. The molecule has 2 aromatic heterocycles. The van der Waals surface area contributed by atoms with Gasteiger partial charge in [0, 0.05) is 81.3 Å². The number of ether oxygens (including phenoxy) is 2. The second-order valence-electron chi connectivity index (χ2n) is 18.3. The van der Waals surface area contributed by atoms with Gasteiger partial charge in [-0.2, -0.15) is 0 Å². The van der Waals surface area contributed by atoms with Crippen LogP contribution in [0.4, 0.5) is 22.9 Å². The first kappa shape index (κ1) is 46.1. The monoisotopic (exact) mass is 918 g/mol. The number of nitrogens with two attached hydrogens (primary N) is 1. The lowest BCUT2D eigenvalue weighted by molar-refractivity contribution is -0.136. The van der Waals surface area contributed by atoms with Crippen LogP contribution in [0.1, 0.15) is 96.8 Å². The lowest BCUT2D eigenvalue weighted by Crippen LogP contribution is -2.54. The van der Waals surface area contributed by atoms with Crippen molar-refractivity contribution in [2.24, 2.45) is 11.7 Å². The van der Waals surface area contributed by atoms with E-state index in [1.807, 2.05) is 6.33 Å². The van der Waals surface area contributed by atoms with Crippen molar-refractivity contribution >= 4 is 63.6 Å². The van der Waals surface area contributed by atoms with E-state index in [1.165, 1.54) is 37.4 Å². The number of benzene rings is 2. The standard InChI is InChI=1S/C48H62N12O7/c49-32-10-8-31(9-11-32)28-39-54-44(43-45(55-39)59(30-52-43)35-4-1-2-5-35)53-33-12-14-34(15-13-33)58-21-19-57(20-22-58)23-25-67-27-26-66-24-18-50-41(62)29-51-37-7-3-6-36-42(37)48(65)60(47(36)64)38-16-17-40(61)56-46(38)63/h3,6-7,12-15,30-32,35,38,51H,1-2,4-5,8-11,16-29,49H2,(H,50,62)(H,53,54,55)(H,56,61,63). The topological polar surface area (TPSA) is 231 Å². The second kappa shape index (κ2) is 21.3. The number of nitrogens with zero attached hydrogens (tertiary/aromatic N) is 7. The fourth-order valence-corrected chi connectivity index (χ4v) is 10.0. The molecule has 2 saturated heterocycles. The Morgan fingerprint density at radius 3 is 2.36 bits per heavy atom. The van der Waals surface area contributed by atoms with Crippen LogP contribution in [0, 0.1) is 5.92 Å². The molecule has 4 fully saturated rings. The average Bonchev–Trinajstić information content (AvgIpc) is 4.08. The first-order valence-corrected chi connectivity index (χ1v) is 24.0. The van der Waals surface area contributed by atoms with E-state index in [0.29, 0.717) is 50.1 Å². The lowest BCUT2D eigenvalue weighted by Gasteiger charge is -2.36. The molecule has 0 radical (unpaired) electrons. The number of carbonyl (C=O) groups is 5. The Bertz CT molecular complexity index is 2420. The Labute approximate surface area is 389 Å². The minimum absolute atomic E-state index is 0.0326. The zero-order chi connectivity index (χ0) is 46.3. The fourth-order valence-electron chi connectivity index (χ4n) is 10.0. The van der Waals surface area contributed by atoms with E-state index in [-0.39, 0.29) is 43.0 Å². The summed E-state index contributed by atoms with van der Waals surface area (Å²) in [4.78, 5) is 83.6. The summed E-state index contributed by atoms with van der Waals surface area (Å²) in [5, 5.41) is 11.5. The van der Waals surface area contributed by atoms with Crippen molar-refractivity contribution < 1.29 is 33.4 Å². The van der Waals surface area contributed by atoms with E-state index < -0.39 is 29.7 Å². The van der Waals surface area contributed by atoms with Crippen molar-refractivity contribution in [3.05, 3.63) is 65.7 Å². The zero-order valence-electron chi connectivity index (χ0n) is 38.1. The number of amides is 5. The van der Waals surface area contributed by atoms with Gasteiger partial charge in [-0.1, -0.05) is 18.9 Å². The molecule has 9 rings (SSSR count). The first-order valence-electron chi connectivity index (χ1n) is 24.0. The number of carbonyl (C=O) groups excluding carboxylic acids is 5. The fraction of sp³-hybridized carbons (Fsp3) is 0.542. The summed E-state index contributed by atoms with van der Waals surface area (Å²) in [6, 6.07) is 13.0. The number of piperazine rings is 1. The van der Waals surface area contributed by atoms with Crippen LogP contribution in [-0.4, -0.2) is 143 Å². The quantitative estimate of drug-likeness (QED) is 0.0669. The molecule has 356 valence electrons. The molecule has 67 heavy (non-hydrogen) atoms. The zero-order valence-corrected chi connectivity index (χ0v) is 38.1. The predicted octanol–water partition coefficient (Wildman–Crippen LogP) is 3.53. The van der Waals surface area contributed by atoms with Crippen LogP contribution < -0.4 is 31.9 Å². The maximum absolute atomic E-state index is 13.3. The van der Waals surface area contributed by atoms with E-state index in [0.717, 1.165) is 98.2 Å². The van der Waals surface area contributed by atoms with Crippen LogP contribution in [0.2, 0.25) is 0 Å². The van der Waals surface area contributed by atoms with Crippen molar-refractivity contribution in [2.45, 2.75) is 88.8 Å². The molecule has 6 N–H and O–H groups in total. The number of hydrogen-bond donors (Lipinski definition) is 5. The van der Waals surface area contributed by atoms with Gasteiger partial charge in [-0.15, -0.1) is 0 Å². The number of rotatable bonds is 19. The highest BCUT2D eigenvalue weighted by atomic mass is 16.5. The number of piperidine rings is 1. The molecule has 2 saturated carbocycles. The van der Waals surface area contributed by atoms with Gasteiger partial charge in [0.1, 0.15) is 11.9 Å². The van der Waals surface area contributed by atoms with Crippen molar-refractivity contribution in [3.63, 3.8) is 0 Å². The summed E-state index contributed by atoms with van der Waals surface area (Å²) in [6.07, 6.45) is 12.1. The first-order chi connectivity index (χ1) is 32.7. The Hall–Kier alpha value is -6.02. The van der Waals surface area contributed by atoms with Gasteiger partial charge < -0.3 is 40.6 Å². The molecule has 4 aromatic rings. The van der Waals surface area contributed by atoms with E-state index in [2.05, 4.69) is 59.9 Å². The predicted molar refractivity (Wildman–Crippen MR) is 251 cm³/mol. The van der Waals surface area contributed by atoms with Crippen molar-refractivity contribution in [1.82, 2.24) is 40.0 Å². The third kappa shape index (κ3) is 10.9. The van der Waals surface area contributed by atoms with Gasteiger partial charge in [0.2, 0.25) is 17.7 Å². The SMILES string of the molecule is NC1CCC(Cc2nc(Nc3ccc(N4CCN(CCOCCOCCNC(=O)CNc5cccc6c5C(=O)N(C5CCC(=O)NC5=O)C6=O)CC4)cc3)c3ncn(C4CCCC4)c3n2)CC1. The molecule has 19 heteroatoms. The highest BCUT2D eigenvalue weighted by Crippen LogP contribution is 2.35. The summed E-state index contributed by atoms with van der Waals surface area (Å²) in [5.41, 5.74) is 10.7. The Morgan fingerprint density at radius 1 is 0.836 bits per heavy atom. The molecule has 0 spiro atoms. The molecule has 1 atom stereocenters. The number of imide groups is 2. The summed E-state index contributed by atoms with van der Waals surface area (Å²) in [6.45, 7) is 6.44. The normalized spacial score (nSPS) is 21.5. The molecule has 3 aliphatic heterocycles. The van der Waals surface area contributed by atoms with Crippen molar-refractivity contribution in [2.75, 3.05) is 87.8 Å². The van der Waals surface area contributed by atoms with Crippen LogP contribution in [-0.2, 0) is 30.3 Å². The molecule has 1 unspecified atom stereocenters. The van der Waals surface area contributed by atoms with E-state index in [9.17, 15) is 24.0 Å². The molecule has 2 aromatic carbocycles. The summed E-state index contributed by atoms with van der Waals surface area (Å²) in [7, 11) is 0. The van der Waals surface area contributed by atoms with Crippen LogP contribution in [0.15, 0.2) is 48.8 Å². The summed E-state index contributed by atoms with van der Waals surface area (Å²) >= 11 is 0. The number of anilines is 4. The molecular weight excluding hydrogens is 857 g/mol. The molecule has 2 aliphatic carbocycles. The molecular formula is C48H62N12O7. The molecule has 5 aliphatic rings. The minimum atomic E-state index is -1.07. The highest BCUT2D eigenvalue weighted by molar-refractivity contribution is 6.25. The summed E-state index contributed by atoms with van der Waals surface area (Å²) < 4.78 is 13.8. The van der Waals surface area contributed by atoms with Gasteiger partial charge in [0.15, 0.2) is 17.0 Å². The van der Waals surface area contributed by atoms with Crippen LogP contribution in [0.3, 0.4) is 0 Å². The minimum Gasteiger partial charge on any atom is -0.378 e. The van der Waals surface area contributed by atoms with Gasteiger partial charge in [-0.05, 0) is 87.3 Å². The van der Waals surface area contributed by atoms with Gasteiger partial charge in [-0.3, -0.25) is 39.1 Å². The number of imidazole rings is 1. The lowest BCUT2D eigenvalue weighted by atomic mass is 9.84. The summed E-state index contributed by atoms with van der Waals surface area (Å²) in [5.74, 6) is -0.480. The highest BCUT2D eigenvalue weighted by Gasteiger charge is 2.45. The average molecular weight is 919 g/mol. The third-order valence-electron chi connectivity index (χ3n) is 13.8. The van der Waals surface area contributed by atoms with E-state index in [1.54, 1.807) is 12.1 Å². The third-order valence-corrected chi connectivity index (χ3v) is 13.8. The van der Waals surface area contributed by atoms with Crippen LogP contribution in [0.25, 0.3) is 11.2 Å². The largest absolute Gasteiger partial charge is 0.378 e. The van der Waals surface area contributed by atoms with Gasteiger partial charge in [-0.25, -0.2) is 15.0 Å². The van der Waals surface area contributed by atoms with E-state index >= 15 is 0 Å². The molecule has 0 bridgehead atoms. The number of nitrogens with one attached hydrogen (secondary N) is 4.